The van der Waals surface area contributed by atoms with Crippen LogP contribution in [0.4, 0.5) is 0 Å². The summed E-state index contributed by atoms with van der Waals surface area (Å²) in [6.45, 7) is 14.0. The number of likely N-dealkylation sites (tertiary alicyclic amines) is 1. The molecule has 0 aromatic carbocycles. The molecule has 1 aromatic heterocycles. The molecule has 0 N–H and O–H groups in total. The van der Waals surface area contributed by atoms with Crippen molar-refractivity contribution >= 4 is 0 Å². The van der Waals surface area contributed by atoms with Crippen molar-refractivity contribution in [2.24, 2.45) is 5.41 Å². The predicted molar refractivity (Wildman–Crippen MR) is 102 cm³/mol. The minimum Gasteiger partial charge on any atom is -0.374 e. The zero-order chi connectivity index (χ0) is 18.6. The number of aromatic nitrogens is 1. The molecule has 0 saturated carbocycles. The third-order valence-electron chi connectivity index (χ3n) is 6.00. The van der Waals surface area contributed by atoms with E-state index in [9.17, 15) is 0 Å². The van der Waals surface area contributed by atoms with Gasteiger partial charge in [0.15, 0.2) is 6.29 Å². The van der Waals surface area contributed by atoms with Crippen LogP contribution in [0.1, 0.15) is 64.5 Å². The smallest absolute Gasteiger partial charge is 0.185 e. The lowest BCUT2D eigenvalue weighted by Crippen LogP contribution is -2.50. The lowest BCUT2D eigenvalue weighted by Gasteiger charge is -2.48. The van der Waals surface area contributed by atoms with Crippen molar-refractivity contribution in [3.63, 3.8) is 0 Å². The summed E-state index contributed by atoms with van der Waals surface area (Å²) in [5.41, 5.74) is 1.65. The van der Waals surface area contributed by atoms with Crippen LogP contribution in [0.2, 0.25) is 0 Å². The molecule has 2 saturated heterocycles. The van der Waals surface area contributed by atoms with Crippen LogP contribution >= 0.6 is 0 Å². The molecule has 2 fully saturated rings. The number of nitrogens with zero attached hydrogens (tertiary/aromatic N) is 2. The van der Waals surface area contributed by atoms with Crippen LogP contribution in [0.3, 0.4) is 0 Å². The van der Waals surface area contributed by atoms with Crippen molar-refractivity contribution in [2.75, 3.05) is 32.8 Å². The van der Waals surface area contributed by atoms with E-state index in [0.29, 0.717) is 13.2 Å². The average molecular weight is 363 g/mol. The van der Waals surface area contributed by atoms with E-state index in [1.165, 1.54) is 32.4 Å². The summed E-state index contributed by atoms with van der Waals surface area (Å²) in [4.78, 5) is 7.01. The van der Waals surface area contributed by atoms with Gasteiger partial charge in [-0.2, -0.15) is 0 Å². The fourth-order valence-corrected chi connectivity index (χ4v) is 3.30. The average Bonchev–Trinajstić information content (AvgIpc) is 2.63. The van der Waals surface area contributed by atoms with E-state index in [2.05, 4.69) is 37.6 Å². The Morgan fingerprint density at radius 3 is 2.58 bits per heavy atom. The highest BCUT2D eigenvalue weighted by Gasteiger charge is 2.45. The van der Waals surface area contributed by atoms with E-state index in [4.69, 9.17) is 14.2 Å². The lowest BCUT2D eigenvalue weighted by atomic mass is 9.77. The van der Waals surface area contributed by atoms with Gasteiger partial charge in [0.25, 0.3) is 0 Å². The van der Waals surface area contributed by atoms with Gasteiger partial charge in [0.2, 0.25) is 0 Å². The summed E-state index contributed by atoms with van der Waals surface area (Å²) in [6, 6.07) is 4.05. The van der Waals surface area contributed by atoms with Crippen LogP contribution in [0, 0.1) is 5.41 Å². The van der Waals surface area contributed by atoms with Crippen molar-refractivity contribution in [1.82, 2.24) is 9.88 Å². The molecule has 0 bridgehead atoms. The zero-order valence-electron chi connectivity index (χ0n) is 16.8. The van der Waals surface area contributed by atoms with Crippen molar-refractivity contribution < 1.29 is 14.2 Å². The van der Waals surface area contributed by atoms with Crippen LogP contribution in [0.15, 0.2) is 18.3 Å². The Bertz CT molecular complexity index is 565. The molecular weight excluding hydrogens is 328 g/mol. The number of pyridine rings is 1. The Hall–Kier alpha value is -1.01. The van der Waals surface area contributed by atoms with Crippen LogP contribution in [-0.4, -0.2) is 48.3 Å². The second-order valence-electron chi connectivity index (χ2n) is 8.69. The molecule has 3 heterocycles. The van der Waals surface area contributed by atoms with Gasteiger partial charge in [0, 0.05) is 23.7 Å². The maximum absolute atomic E-state index is 6.18. The molecule has 5 heteroatoms. The van der Waals surface area contributed by atoms with E-state index < -0.39 is 0 Å². The van der Waals surface area contributed by atoms with Gasteiger partial charge < -0.3 is 19.1 Å². The summed E-state index contributed by atoms with van der Waals surface area (Å²) in [6.07, 6.45) is 5.52. The number of piperidine rings is 1. The third-order valence-corrected chi connectivity index (χ3v) is 6.00. The molecule has 0 spiro atoms. The van der Waals surface area contributed by atoms with Gasteiger partial charge in [-0.1, -0.05) is 26.3 Å². The van der Waals surface area contributed by atoms with Crippen LogP contribution in [-0.2, 0) is 20.8 Å². The highest BCUT2D eigenvalue weighted by molar-refractivity contribution is 5.16. The Morgan fingerprint density at radius 1 is 1.15 bits per heavy atom. The van der Waals surface area contributed by atoms with Crippen molar-refractivity contribution in [3.8, 4) is 0 Å². The number of hydrogen-bond donors (Lipinski definition) is 0. The topological polar surface area (TPSA) is 43.8 Å². The summed E-state index contributed by atoms with van der Waals surface area (Å²) in [7, 11) is 0. The second-order valence-corrected chi connectivity index (χ2v) is 8.69. The second kappa shape index (κ2) is 8.34. The minimum absolute atomic E-state index is 0.0148. The van der Waals surface area contributed by atoms with E-state index in [1.807, 2.05) is 18.3 Å². The normalized spacial score (nSPS) is 25.9. The molecule has 146 valence electrons. The predicted octanol–water partition coefficient (Wildman–Crippen LogP) is 3.93. The molecular formula is C21H34N2O3. The van der Waals surface area contributed by atoms with Crippen LogP contribution < -0.4 is 0 Å². The molecule has 1 atom stereocenters. The Morgan fingerprint density at radius 2 is 1.92 bits per heavy atom. The first-order valence-electron chi connectivity index (χ1n) is 9.92. The minimum atomic E-state index is -0.348. The van der Waals surface area contributed by atoms with E-state index in [1.54, 1.807) is 0 Å². The Balaban J connectivity index is 1.45. The van der Waals surface area contributed by atoms with Gasteiger partial charge in [-0.05, 0) is 45.8 Å². The Kier molecular flexibility index (Phi) is 6.33. The number of ether oxygens (including phenoxy) is 3. The quantitative estimate of drug-likeness (QED) is 0.717. The van der Waals surface area contributed by atoms with E-state index in [-0.39, 0.29) is 17.3 Å². The van der Waals surface area contributed by atoms with Gasteiger partial charge >= 0.3 is 0 Å². The van der Waals surface area contributed by atoms with Gasteiger partial charge in [-0.3, -0.25) is 4.98 Å². The van der Waals surface area contributed by atoms with Crippen molar-refractivity contribution in [1.29, 1.82) is 0 Å². The fraction of sp³-hybridized carbons (Fsp3) is 0.762. The highest BCUT2D eigenvalue weighted by Crippen LogP contribution is 2.43. The molecule has 5 nitrogen and oxygen atoms in total. The first kappa shape index (κ1) is 19.7. The number of hydrogen-bond acceptors (Lipinski definition) is 5. The molecule has 0 amide bonds. The maximum Gasteiger partial charge on any atom is 0.185 e. The molecule has 1 aromatic rings. The van der Waals surface area contributed by atoms with E-state index >= 15 is 0 Å². The summed E-state index contributed by atoms with van der Waals surface area (Å²) < 4.78 is 17.9. The van der Waals surface area contributed by atoms with Gasteiger partial charge in [0.05, 0.1) is 31.1 Å². The SMILES string of the molecule is CC1(C)COC(c2ccc(COCCN3CCCCC3)nc2)OC1(C)C. The Labute approximate surface area is 158 Å². The molecule has 26 heavy (non-hydrogen) atoms. The zero-order valence-corrected chi connectivity index (χ0v) is 16.8. The highest BCUT2D eigenvalue weighted by atomic mass is 16.7. The van der Waals surface area contributed by atoms with Gasteiger partial charge in [-0.25, -0.2) is 0 Å². The van der Waals surface area contributed by atoms with Crippen molar-refractivity contribution in [2.45, 2.75) is 65.5 Å². The molecule has 2 aliphatic heterocycles. The molecule has 0 aliphatic carbocycles. The maximum atomic E-state index is 6.18. The van der Waals surface area contributed by atoms with E-state index in [0.717, 1.165) is 24.4 Å². The monoisotopic (exact) mass is 362 g/mol. The van der Waals surface area contributed by atoms with Gasteiger partial charge in [0.1, 0.15) is 0 Å². The first-order valence-corrected chi connectivity index (χ1v) is 9.92. The van der Waals surface area contributed by atoms with Crippen LogP contribution in [0.5, 0.6) is 0 Å². The van der Waals surface area contributed by atoms with Crippen molar-refractivity contribution in [3.05, 3.63) is 29.6 Å². The first-order chi connectivity index (χ1) is 12.4. The lowest BCUT2D eigenvalue weighted by molar-refractivity contribution is -0.300. The summed E-state index contributed by atoms with van der Waals surface area (Å²) >= 11 is 0. The molecule has 2 aliphatic rings. The number of rotatable bonds is 6. The van der Waals surface area contributed by atoms with Gasteiger partial charge in [-0.15, -0.1) is 0 Å². The largest absolute Gasteiger partial charge is 0.374 e. The van der Waals surface area contributed by atoms with Crippen LogP contribution in [0.25, 0.3) is 0 Å². The third kappa shape index (κ3) is 4.83. The fourth-order valence-electron chi connectivity index (χ4n) is 3.30. The standard InChI is InChI=1S/C21H34N2O3/c1-20(2)16-25-19(26-21(20,3)4)17-8-9-18(22-14-17)15-24-13-12-23-10-6-5-7-11-23/h8-9,14,19H,5-7,10-13,15-16H2,1-4H3. The molecule has 1 unspecified atom stereocenters. The molecule has 0 radical (unpaired) electrons. The molecule has 3 rings (SSSR count). The summed E-state index contributed by atoms with van der Waals surface area (Å²) in [5.74, 6) is 0. The summed E-state index contributed by atoms with van der Waals surface area (Å²) in [5, 5.41) is 0.